The van der Waals surface area contributed by atoms with Crippen LogP contribution in [0.25, 0.3) is 0 Å². The summed E-state index contributed by atoms with van der Waals surface area (Å²) in [5.74, 6) is 1.36. The lowest BCUT2D eigenvalue weighted by molar-refractivity contribution is -0.130. The summed E-state index contributed by atoms with van der Waals surface area (Å²) in [4.78, 5) is 14.3. The smallest absolute Gasteiger partial charge is 0.241 e. The van der Waals surface area contributed by atoms with Crippen molar-refractivity contribution in [2.45, 2.75) is 39.9 Å². The van der Waals surface area contributed by atoms with E-state index < -0.39 is 0 Å². The highest BCUT2D eigenvalue weighted by atomic mass is 16.5. The molecule has 20 heavy (non-hydrogen) atoms. The quantitative estimate of drug-likeness (QED) is 0.918. The molecule has 110 valence electrons. The van der Waals surface area contributed by atoms with Crippen molar-refractivity contribution in [1.29, 1.82) is 0 Å². The SMILES string of the molecule is CCN1C(=O)C(C(C)C)NC1c1ccc(OC)c(C)c1. The monoisotopic (exact) mass is 276 g/mol. The zero-order valence-electron chi connectivity index (χ0n) is 12.9. The number of aryl methyl sites for hydroxylation is 1. The summed E-state index contributed by atoms with van der Waals surface area (Å²) < 4.78 is 5.30. The van der Waals surface area contributed by atoms with Crippen molar-refractivity contribution in [1.82, 2.24) is 10.2 Å². The number of rotatable bonds is 4. The first-order valence-electron chi connectivity index (χ1n) is 7.20. The first-order valence-corrected chi connectivity index (χ1v) is 7.20. The maximum atomic E-state index is 12.4. The summed E-state index contributed by atoms with van der Waals surface area (Å²) in [6.07, 6.45) is -0.0375. The Hall–Kier alpha value is -1.55. The molecule has 1 aliphatic rings. The summed E-state index contributed by atoms with van der Waals surface area (Å²) in [6.45, 7) is 8.90. The number of likely N-dealkylation sites (N-methyl/N-ethyl adjacent to an activating group) is 1. The first kappa shape index (κ1) is 14.9. The number of nitrogens with zero attached hydrogens (tertiary/aromatic N) is 1. The van der Waals surface area contributed by atoms with Crippen molar-refractivity contribution < 1.29 is 9.53 Å². The molecule has 2 rings (SSSR count). The van der Waals surface area contributed by atoms with Gasteiger partial charge in [-0.1, -0.05) is 19.9 Å². The molecular weight excluding hydrogens is 252 g/mol. The molecule has 1 aromatic rings. The largest absolute Gasteiger partial charge is 0.496 e. The predicted molar refractivity (Wildman–Crippen MR) is 79.6 cm³/mol. The number of benzene rings is 1. The van der Waals surface area contributed by atoms with Crippen LogP contribution in [0.3, 0.4) is 0 Å². The van der Waals surface area contributed by atoms with E-state index in [-0.39, 0.29) is 18.1 Å². The number of carbonyl (C=O) groups excluding carboxylic acids is 1. The Labute approximate surface area is 121 Å². The lowest BCUT2D eigenvalue weighted by Crippen LogP contribution is -2.34. The zero-order chi connectivity index (χ0) is 14.9. The van der Waals surface area contributed by atoms with Crippen molar-refractivity contribution in [3.8, 4) is 5.75 Å². The molecule has 0 spiro atoms. The number of hydrogen-bond acceptors (Lipinski definition) is 3. The molecule has 1 saturated heterocycles. The second-order valence-corrected chi connectivity index (χ2v) is 5.64. The van der Waals surface area contributed by atoms with E-state index in [4.69, 9.17) is 4.74 Å². The van der Waals surface area contributed by atoms with Crippen LogP contribution in [0.5, 0.6) is 5.75 Å². The third-order valence-electron chi connectivity index (χ3n) is 3.94. The van der Waals surface area contributed by atoms with Crippen LogP contribution in [0.4, 0.5) is 0 Å². The molecule has 2 unspecified atom stereocenters. The van der Waals surface area contributed by atoms with E-state index in [9.17, 15) is 4.79 Å². The number of hydrogen-bond donors (Lipinski definition) is 1. The maximum Gasteiger partial charge on any atom is 0.241 e. The normalized spacial score (nSPS) is 22.7. The van der Waals surface area contributed by atoms with E-state index in [0.29, 0.717) is 12.5 Å². The van der Waals surface area contributed by atoms with Crippen LogP contribution in [0, 0.1) is 12.8 Å². The second kappa shape index (κ2) is 5.83. The van der Waals surface area contributed by atoms with Gasteiger partial charge < -0.3 is 9.64 Å². The Kier molecular flexibility index (Phi) is 4.33. The van der Waals surface area contributed by atoms with Gasteiger partial charge in [0, 0.05) is 6.54 Å². The zero-order valence-corrected chi connectivity index (χ0v) is 12.9. The molecular formula is C16H24N2O2. The molecule has 0 bridgehead atoms. The number of nitrogens with one attached hydrogen (secondary N) is 1. The minimum absolute atomic E-state index is 0.0375. The topological polar surface area (TPSA) is 41.6 Å². The van der Waals surface area contributed by atoms with E-state index >= 15 is 0 Å². The standard InChI is InChI=1S/C16H24N2O2/c1-6-18-15(17-14(10(2)3)16(18)19)12-7-8-13(20-5)11(4)9-12/h7-10,14-15,17H,6H2,1-5H3. The molecule has 1 amide bonds. The van der Waals surface area contributed by atoms with E-state index in [2.05, 4.69) is 25.2 Å². The number of methoxy groups -OCH3 is 1. The molecule has 2 atom stereocenters. The van der Waals surface area contributed by atoms with Gasteiger partial charge in [-0.25, -0.2) is 0 Å². The Morgan fingerprint density at radius 3 is 2.60 bits per heavy atom. The van der Waals surface area contributed by atoms with Crippen molar-refractivity contribution >= 4 is 5.91 Å². The van der Waals surface area contributed by atoms with Gasteiger partial charge in [0.25, 0.3) is 0 Å². The van der Waals surface area contributed by atoms with Crippen molar-refractivity contribution in [3.05, 3.63) is 29.3 Å². The Balaban J connectivity index is 2.31. The van der Waals surface area contributed by atoms with Crippen molar-refractivity contribution in [2.24, 2.45) is 5.92 Å². The van der Waals surface area contributed by atoms with Crippen LogP contribution in [-0.4, -0.2) is 30.5 Å². The third kappa shape index (κ3) is 2.52. The molecule has 4 nitrogen and oxygen atoms in total. The fraction of sp³-hybridized carbons (Fsp3) is 0.562. The molecule has 0 aromatic heterocycles. The van der Waals surface area contributed by atoms with Crippen LogP contribution in [0.2, 0.25) is 0 Å². The van der Waals surface area contributed by atoms with Crippen molar-refractivity contribution in [2.75, 3.05) is 13.7 Å². The molecule has 1 aliphatic heterocycles. The number of amides is 1. The fourth-order valence-electron chi connectivity index (χ4n) is 2.80. The average Bonchev–Trinajstić information content (AvgIpc) is 2.75. The molecule has 1 N–H and O–H groups in total. The summed E-state index contributed by atoms with van der Waals surface area (Å²) in [5.41, 5.74) is 2.20. The Morgan fingerprint density at radius 1 is 1.40 bits per heavy atom. The molecule has 0 radical (unpaired) electrons. The first-order chi connectivity index (χ1) is 9.49. The van der Waals surface area contributed by atoms with E-state index in [1.165, 1.54) is 0 Å². The highest BCUT2D eigenvalue weighted by Crippen LogP contribution is 2.30. The van der Waals surface area contributed by atoms with Gasteiger partial charge in [0.05, 0.1) is 13.2 Å². The van der Waals surface area contributed by atoms with Gasteiger partial charge in [-0.2, -0.15) is 0 Å². The minimum atomic E-state index is -0.0950. The van der Waals surface area contributed by atoms with Crippen LogP contribution in [0.1, 0.15) is 38.1 Å². The van der Waals surface area contributed by atoms with E-state index in [1.807, 2.05) is 30.9 Å². The van der Waals surface area contributed by atoms with Crippen LogP contribution in [-0.2, 0) is 4.79 Å². The predicted octanol–water partition coefficient (Wildman–Crippen LogP) is 2.48. The fourth-order valence-corrected chi connectivity index (χ4v) is 2.80. The molecule has 0 saturated carbocycles. The van der Waals surface area contributed by atoms with Gasteiger partial charge in [-0.15, -0.1) is 0 Å². The van der Waals surface area contributed by atoms with Gasteiger partial charge in [-0.3, -0.25) is 10.1 Å². The molecule has 1 fully saturated rings. The van der Waals surface area contributed by atoms with Gasteiger partial charge in [0.2, 0.25) is 5.91 Å². The second-order valence-electron chi connectivity index (χ2n) is 5.64. The molecule has 4 heteroatoms. The summed E-state index contributed by atoms with van der Waals surface area (Å²) in [7, 11) is 1.67. The van der Waals surface area contributed by atoms with E-state index in [1.54, 1.807) is 7.11 Å². The van der Waals surface area contributed by atoms with Gasteiger partial charge in [0.1, 0.15) is 11.9 Å². The molecule has 1 aromatic carbocycles. The summed E-state index contributed by atoms with van der Waals surface area (Å²) in [5, 5.41) is 3.46. The van der Waals surface area contributed by atoms with Crippen LogP contribution < -0.4 is 10.1 Å². The lowest BCUT2D eigenvalue weighted by Gasteiger charge is -2.23. The van der Waals surface area contributed by atoms with Crippen LogP contribution >= 0.6 is 0 Å². The third-order valence-corrected chi connectivity index (χ3v) is 3.94. The number of ether oxygens (including phenoxy) is 1. The minimum Gasteiger partial charge on any atom is -0.496 e. The van der Waals surface area contributed by atoms with Crippen molar-refractivity contribution in [3.63, 3.8) is 0 Å². The van der Waals surface area contributed by atoms with Gasteiger partial charge in [-0.05, 0) is 43.0 Å². The van der Waals surface area contributed by atoms with Crippen LogP contribution in [0.15, 0.2) is 18.2 Å². The Bertz CT molecular complexity index is 499. The summed E-state index contributed by atoms with van der Waals surface area (Å²) in [6, 6.07) is 5.99. The molecule has 1 heterocycles. The maximum absolute atomic E-state index is 12.4. The number of carbonyl (C=O) groups is 1. The lowest BCUT2D eigenvalue weighted by atomic mass is 10.0. The van der Waals surface area contributed by atoms with E-state index in [0.717, 1.165) is 16.9 Å². The summed E-state index contributed by atoms with van der Waals surface area (Å²) >= 11 is 0. The highest BCUT2D eigenvalue weighted by molar-refractivity contribution is 5.84. The highest BCUT2D eigenvalue weighted by Gasteiger charge is 2.40. The molecule has 0 aliphatic carbocycles. The van der Waals surface area contributed by atoms with Gasteiger partial charge in [0.15, 0.2) is 0 Å². The van der Waals surface area contributed by atoms with Gasteiger partial charge >= 0.3 is 0 Å². The Morgan fingerprint density at radius 2 is 2.10 bits per heavy atom. The average molecular weight is 276 g/mol.